The van der Waals surface area contributed by atoms with E-state index in [1.165, 1.54) is 32.1 Å². The summed E-state index contributed by atoms with van der Waals surface area (Å²) in [6.07, 6.45) is 6.49. The van der Waals surface area contributed by atoms with Gasteiger partial charge in [0.05, 0.1) is 0 Å². The maximum absolute atomic E-state index is 11.5. The standard InChI is InChI=1S/C17H23N5O/c1-22(13-8-3-2-4-9-13)11-12-7-5-6-10-14(12)15-16(17(18)23)20-21-19-15/h5-7,10,13H,2-4,8-9,11H2,1H3,(H2,18,23)(H,19,20,21). The molecule has 0 radical (unpaired) electrons. The van der Waals surface area contributed by atoms with Crippen LogP contribution in [0.2, 0.25) is 0 Å². The number of nitrogens with two attached hydrogens (primary N) is 1. The molecule has 1 fully saturated rings. The molecule has 23 heavy (non-hydrogen) atoms. The lowest BCUT2D eigenvalue weighted by Crippen LogP contribution is -2.33. The van der Waals surface area contributed by atoms with E-state index < -0.39 is 5.91 Å². The molecule has 1 aromatic heterocycles. The summed E-state index contributed by atoms with van der Waals surface area (Å²) in [5, 5.41) is 10.5. The summed E-state index contributed by atoms with van der Waals surface area (Å²) >= 11 is 0. The third kappa shape index (κ3) is 3.42. The van der Waals surface area contributed by atoms with Crippen LogP contribution in [0.25, 0.3) is 11.3 Å². The van der Waals surface area contributed by atoms with Gasteiger partial charge in [0.2, 0.25) is 0 Å². The van der Waals surface area contributed by atoms with Gasteiger partial charge in [-0.3, -0.25) is 9.69 Å². The second-order valence-corrected chi connectivity index (χ2v) is 6.25. The molecular formula is C17H23N5O. The van der Waals surface area contributed by atoms with Crippen LogP contribution in [0.3, 0.4) is 0 Å². The highest BCUT2D eigenvalue weighted by molar-refractivity contribution is 5.97. The fraction of sp³-hybridized carbons (Fsp3) is 0.471. The lowest BCUT2D eigenvalue weighted by atomic mass is 9.93. The molecule has 0 bridgehead atoms. The number of hydrogen-bond donors (Lipinski definition) is 2. The average Bonchev–Trinajstić information content (AvgIpc) is 3.06. The highest BCUT2D eigenvalue weighted by Gasteiger charge is 2.21. The molecule has 0 atom stereocenters. The van der Waals surface area contributed by atoms with Crippen LogP contribution in [0.4, 0.5) is 0 Å². The smallest absolute Gasteiger partial charge is 0.271 e. The highest BCUT2D eigenvalue weighted by atomic mass is 16.1. The van der Waals surface area contributed by atoms with Gasteiger partial charge in [-0.25, -0.2) is 0 Å². The number of benzene rings is 1. The quantitative estimate of drug-likeness (QED) is 0.887. The predicted octanol–water partition coefficient (Wildman–Crippen LogP) is 2.34. The molecule has 0 spiro atoms. The van der Waals surface area contributed by atoms with Crippen molar-refractivity contribution in [3.63, 3.8) is 0 Å². The Hall–Kier alpha value is -2.21. The molecular weight excluding hydrogens is 290 g/mol. The van der Waals surface area contributed by atoms with Crippen LogP contribution in [0.5, 0.6) is 0 Å². The number of carbonyl (C=O) groups is 1. The minimum atomic E-state index is -0.566. The van der Waals surface area contributed by atoms with Crippen molar-refractivity contribution in [2.24, 2.45) is 5.73 Å². The Labute approximate surface area is 136 Å². The Kier molecular flexibility index (Phi) is 4.71. The maximum Gasteiger partial charge on any atom is 0.271 e. The van der Waals surface area contributed by atoms with E-state index in [0.29, 0.717) is 11.7 Å². The molecule has 3 N–H and O–H groups in total. The molecule has 6 nitrogen and oxygen atoms in total. The minimum absolute atomic E-state index is 0.192. The van der Waals surface area contributed by atoms with Crippen LogP contribution in [-0.4, -0.2) is 39.3 Å². The third-order valence-electron chi connectivity index (χ3n) is 4.67. The van der Waals surface area contributed by atoms with E-state index in [1.54, 1.807) is 0 Å². The van der Waals surface area contributed by atoms with Gasteiger partial charge >= 0.3 is 0 Å². The Morgan fingerprint density at radius 3 is 2.74 bits per heavy atom. The molecule has 6 heteroatoms. The Morgan fingerprint density at radius 2 is 2.00 bits per heavy atom. The van der Waals surface area contributed by atoms with Crippen molar-refractivity contribution in [1.29, 1.82) is 0 Å². The summed E-state index contributed by atoms with van der Waals surface area (Å²) in [5.74, 6) is -0.566. The molecule has 2 aromatic rings. The lowest BCUT2D eigenvalue weighted by Gasteiger charge is -2.31. The Balaban J connectivity index is 1.86. The van der Waals surface area contributed by atoms with E-state index >= 15 is 0 Å². The van der Waals surface area contributed by atoms with Crippen LogP contribution in [0.15, 0.2) is 24.3 Å². The Bertz CT molecular complexity index is 675. The normalized spacial score (nSPS) is 15.9. The second-order valence-electron chi connectivity index (χ2n) is 6.25. The number of carbonyl (C=O) groups excluding carboxylic acids is 1. The fourth-order valence-corrected chi connectivity index (χ4v) is 3.40. The summed E-state index contributed by atoms with van der Waals surface area (Å²) < 4.78 is 0. The van der Waals surface area contributed by atoms with Crippen molar-refractivity contribution in [1.82, 2.24) is 20.3 Å². The predicted molar refractivity (Wildman–Crippen MR) is 88.7 cm³/mol. The van der Waals surface area contributed by atoms with E-state index in [4.69, 9.17) is 5.73 Å². The molecule has 1 amide bonds. The molecule has 0 aliphatic heterocycles. The third-order valence-corrected chi connectivity index (χ3v) is 4.67. The highest BCUT2D eigenvalue weighted by Crippen LogP contribution is 2.27. The second kappa shape index (κ2) is 6.91. The van der Waals surface area contributed by atoms with Crippen LogP contribution in [-0.2, 0) is 6.54 Å². The molecule has 3 rings (SSSR count). The van der Waals surface area contributed by atoms with E-state index in [0.717, 1.165) is 17.7 Å². The summed E-state index contributed by atoms with van der Waals surface area (Å²) in [6.45, 7) is 0.825. The van der Waals surface area contributed by atoms with Crippen molar-refractivity contribution < 1.29 is 4.79 Å². The molecule has 122 valence electrons. The molecule has 0 unspecified atom stereocenters. The molecule has 1 heterocycles. The van der Waals surface area contributed by atoms with Gasteiger partial charge in [0.15, 0.2) is 5.69 Å². The van der Waals surface area contributed by atoms with Gasteiger partial charge in [0, 0.05) is 18.2 Å². The first-order valence-electron chi connectivity index (χ1n) is 8.16. The first-order valence-corrected chi connectivity index (χ1v) is 8.16. The fourth-order valence-electron chi connectivity index (χ4n) is 3.40. The van der Waals surface area contributed by atoms with Crippen molar-refractivity contribution in [2.45, 2.75) is 44.7 Å². The summed E-state index contributed by atoms with van der Waals surface area (Å²) in [4.78, 5) is 13.9. The van der Waals surface area contributed by atoms with Gasteiger partial charge in [-0.1, -0.05) is 43.5 Å². The largest absolute Gasteiger partial charge is 0.364 e. The van der Waals surface area contributed by atoms with Gasteiger partial charge in [-0.05, 0) is 25.5 Å². The zero-order chi connectivity index (χ0) is 16.2. The van der Waals surface area contributed by atoms with Gasteiger partial charge in [0.25, 0.3) is 5.91 Å². The summed E-state index contributed by atoms with van der Waals surface area (Å²) in [7, 11) is 2.17. The van der Waals surface area contributed by atoms with E-state index in [2.05, 4.69) is 33.4 Å². The SMILES string of the molecule is CN(Cc1ccccc1-c1n[nH]nc1C(N)=O)C1CCCCC1. The number of nitrogens with one attached hydrogen (secondary N) is 1. The lowest BCUT2D eigenvalue weighted by molar-refractivity contribution is 0.0996. The van der Waals surface area contributed by atoms with E-state index in [1.807, 2.05) is 18.2 Å². The summed E-state index contributed by atoms with van der Waals surface area (Å²) in [6, 6.07) is 8.63. The molecule has 1 aliphatic rings. The van der Waals surface area contributed by atoms with Gasteiger partial charge in [-0.15, -0.1) is 0 Å². The minimum Gasteiger partial charge on any atom is -0.364 e. The van der Waals surface area contributed by atoms with Crippen LogP contribution < -0.4 is 5.73 Å². The number of rotatable bonds is 5. The van der Waals surface area contributed by atoms with E-state index in [-0.39, 0.29) is 5.69 Å². The zero-order valence-corrected chi connectivity index (χ0v) is 13.5. The van der Waals surface area contributed by atoms with Gasteiger partial charge < -0.3 is 5.73 Å². The average molecular weight is 313 g/mol. The van der Waals surface area contributed by atoms with Gasteiger partial charge in [-0.2, -0.15) is 15.4 Å². The van der Waals surface area contributed by atoms with Crippen LogP contribution in [0, 0.1) is 0 Å². The Morgan fingerprint density at radius 1 is 1.26 bits per heavy atom. The van der Waals surface area contributed by atoms with Crippen molar-refractivity contribution in [2.75, 3.05) is 7.05 Å². The molecule has 1 aromatic carbocycles. The number of H-pyrrole nitrogens is 1. The molecule has 1 saturated carbocycles. The number of nitrogens with zero attached hydrogens (tertiary/aromatic N) is 3. The first-order chi connectivity index (χ1) is 11.2. The molecule has 0 saturated heterocycles. The first kappa shape index (κ1) is 15.7. The zero-order valence-electron chi connectivity index (χ0n) is 13.5. The number of aromatic amines is 1. The van der Waals surface area contributed by atoms with Crippen molar-refractivity contribution in [3.05, 3.63) is 35.5 Å². The number of primary amides is 1. The van der Waals surface area contributed by atoms with Crippen LogP contribution in [0.1, 0.15) is 48.2 Å². The topological polar surface area (TPSA) is 87.9 Å². The van der Waals surface area contributed by atoms with Gasteiger partial charge in [0.1, 0.15) is 5.69 Å². The number of hydrogen-bond acceptors (Lipinski definition) is 4. The number of aromatic nitrogens is 3. The monoisotopic (exact) mass is 313 g/mol. The van der Waals surface area contributed by atoms with E-state index in [9.17, 15) is 4.79 Å². The maximum atomic E-state index is 11.5. The van der Waals surface area contributed by atoms with Crippen molar-refractivity contribution in [3.8, 4) is 11.3 Å². The number of amides is 1. The summed E-state index contributed by atoms with van der Waals surface area (Å²) in [5.41, 5.74) is 8.17. The van der Waals surface area contributed by atoms with Crippen molar-refractivity contribution >= 4 is 5.91 Å². The van der Waals surface area contributed by atoms with Crippen LogP contribution >= 0.6 is 0 Å². The molecule has 1 aliphatic carbocycles.